The van der Waals surface area contributed by atoms with Crippen LogP contribution in [0.3, 0.4) is 0 Å². The van der Waals surface area contributed by atoms with Crippen LogP contribution in [0.15, 0.2) is 53.0 Å². The summed E-state index contributed by atoms with van der Waals surface area (Å²) in [6.07, 6.45) is 5.10. The SMILES string of the molecule is Fc1cc(F)c2c(c1)[C@@H]1C=CC[C@H]1[C@H](c1cccc(Br)c1)N2. The molecule has 2 aliphatic rings. The van der Waals surface area contributed by atoms with Crippen LogP contribution in [0, 0.1) is 17.6 Å². The van der Waals surface area contributed by atoms with Gasteiger partial charge < -0.3 is 5.32 Å². The average Bonchev–Trinajstić information content (AvgIpc) is 2.96. The minimum atomic E-state index is -0.520. The molecule has 1 N–H and O–H groups in total. The van der Waals surface area contributed by atoms with Crippen molar-refractivity contribution >= 4 is 21.6 Å². The van der Waals surface area contributed by atoms with E-state index in [9.17, 15) is 8.78 Å². The number of anilines is 1. The predicted molar refractivity (Wildman–Crippen MR) is 86.9 cm³/mol. The average molecular weight is 362 g/mol. The Morgan fingerprint density at radius 1 is 1.14 bits per heavy atom. The van der Waals surface area contributed by atoms with E-state index in [-0.39, 0.29) is 17.9 Å². The van der Waals surface area contributed by atoms with Gasteiger partial charge in [0, 0.05) is 16.5 Å². The van der Waals surface area contributed by atoms with Crippen molar-refractivity contribution in [2.75, 3.05) is 5.32 Å². The van der Waals surface area contributed by atoms with Crippen LogP contribution in [0.5, 0.6) is 0 Å². The molecule has 1 aliphatic heterocycles. The predicted octanol–water partition coefficient (Wildman–Crippen LogP) is 5.55. The van der Waals surface area contributed by atoms with Gasteiger partial charge in [-0.1, -0.05) is 40.2 Å². The Morgan fingerprint density at radius 3 is 2.82 bits per heavy atom. The van der Waals surface area contributed by atoms with Crippen molar-refractivity contribution < 1.29 is 8.78 Å². The highest BCUT2D eigenvalue weighted by Crippen LogP contribution is 2.50. The van der Waals surface area contributed by atoms with Crippen LogP contribution in [0.25, 0.3) is 0 Å². The van der Waals surface area contributed by atoms with Gasteiger partial charge in [0.1, 0.15) is 11.6 Å². The summed E-state index contributed by atoms with van der Waals surface area (Å²) in [5, 5.41) is 3.30. The minimum absolute atomic E-state index is 0.0185. The number of hydrogen-bond acceptors (Lipinski definition) is 1. The molecule has 0 unspecified atom stereocenters. The fourth-order valence-electron chi connectivity index (χ4n) is 3.65. The molecule has 0 saturated heterocycles. The molecule has 2 aromatic rings. The van der Waals surface area contributed by atoms with E-state index in [0.29, 0.717) is 5.69 Å². The Bertz CT molecular complexity index is 772. The lowest BCUT2D eigenvalue weighted by Crippen LogP contribution is -2.29. The smallest absolute Gasteiger partial charge is 0.149 e. The molecule has 1 aliphatic carbocycles. The van der Waals surface area contributed by atoms with E-state index in [1.54, 1.807) is 0 Å². The van der Waals surface area contributed by atoms with Crippen LogP contribution >= 0.6 is 15.9 Å². The van der Waals surface area contributed by atoms with Crippen molar-refractivity contribution in [2.45, 2.75) is 18.4 Å². The first-order valence-electron chi connectivity index (χ1n) is 7.31. The summed E-state index contributed by atoms with van der Waals surface area (Å²) >= 11 is 3.49. The Morgan fingerprint density at radius 2 is 2.00 bits per heavy atom. The van der Waals surface area contributed by atoms with Gasteiger partial charge in [-0.15, -0.1) is 0 Å². The number of nitrogens with one attached hydrogen (secondary N) is 1. The number of hydrogen-bond donors (Lipinski definition) is 1. The summed E-state index contributed by atoms with van der Waals surface area (Å²) in [7, 11) is 0. The van der Waals surface area contributed by atoms with Crippen LogP contribution in [0.4, 0.5) is 14.5 Å². The maximum Gasteiger partial charge on any atom is 0.149 e. The summed E-state index contributed by atoms with van der Waals surface area (Å²) in [6, 6.07) is 10.5. The molecule has 1 heterocycles. The zero-order chi connectivity index (χ0) is 15.3. The number of fused-ring (bicyclic) bond motifs is 3. The van der Waals surface area contributed by atoms with Gasteiger partial charge in [-0.2, -0.15) is 0 Å². The van der Waals surface area contributed by atoms with Crippen LogP contribution < -0.4 is 5.32 Å². The first kappa shape index (κ1) is 13.9. The molecule has 3 atom stereocenters. The van der Waals surface area contributed by atoms with Gasteiger partial charge in [-0.25, -0.2) is 8.78 Å². The third-order valence-electron chi connectivity index (χ3n) is 4.59. The molecule has 0 bridgehead atoms. The maximum absolute atomic E-state index is 14.2. The molecule has 4 heteroatoms. The van der Waals surface area contributed by atoms with Gasteiger partial charge in [-0.3, -0.25) is 0 Å². The van der Waals surface area contributed by atoms with E-state index in [2.05, 4.69) is 39.5 Å². The molecule has 4 rings (SSSR count). The zero-order valence-electron chi connectivity index (χ0n) is 11.7. The van der Waals surface area contributed by atoms with Crippen molar-refractivity contribution in [1.29, 1.82) is 0 Å². The van der Waals surface area contributed by atoms with Gasteiger partial charge in [0.25, 0.3) is 0 Å². The Labute approximate surface area is 136 Å². The lowest BCUT2D eigenvalue weighted by Gasteiger charge is -2.37. The molecule has 1 nitrogen and oxygen atoms in total. The van der Waals surface area contributed by atoms with E-state index in [0.717, 1.165) is 28.1 Å². The molecular formula is C18H14BrF2N. The first-order valence-corrected chi connectivity index (χ1v) is 8.10. The topological polar surface area (TPSA) is 12.0 Å². The van der Waals surface area contributed by atoms with Crippen molar-refractivity contribution in [3.05, 3.63) is 75.8 Å². The largest absolute Gasteiger partial charge is 0.375 e. The second-order valence-corrected chi connectivity index (χ2v) is 6.80. The maximum atomic E-state index is 14.2. The summed E-state index contributed by atoms with van der Waals surface area (Å²) in [4.78, 5) is 0. The first-order chi connectivity index (χ1) is 10.6. The van der Waals surface area contributed by atoms with Crippen molar-refractivity contribution in [1.82, 2.24) is 0 Å². The van der Waals surface area contributed by atoms with Gasteiger partial charge in [-0.05, 0) is 41.7 Å². The lowest BCUT2D eigenvalue weighted by molar-refractivity contribution is 0.418. The third kappa shape index (κ3) is 2.17. The molecule has 0 aromatic heterocycles. The molecule has 0 amide bonds. The molecule has 112 valence electrons. The zero-order valence-corrected chi connectivity index (χ0v) is 13.3. The molecule has 2 aromatic carbocycles. The van der Waals surface area contributed by atoms with Crippen LogP contribution in [0.1, 0.15) is 29.5 Å². The second-order valence-electron chi connectivity index (χ2n) is 5.88. The minimum Gasteiger partial charge on any atom is -0.375 e. The number of allylic oxidation sites excluding steroid dienone is 2. The summed E-state index contributed by atoms with van der Waals surface area (Å²) < 4.78 is 28.8. The second kappa shape index (κ2) is 5.20. The van der Waals surface area contributed by atoms with E-state index in [4.69, 9.17) is 0 Å². The molecule has 0 fully saturated rings. The number of halogens is 3. The van der Waals surface area contributed by atoms with Crippen LogP contribution in [-0.4, -0.2) is 0 Å². The van der Waals surface area contributed by atoms with Gasteiger partial charge in [0.2, 0.25) is 0 Å². The summed E-state index contributed by atoms with van der Waals surface area (Å²) in [6.45, 7) is 0. The highest BCUT2D eigenvalue weighted by Gasteiger charge is 2.39. The number of rotatable bonds is 1. The van der Waals surface area contributed by atoms with Gasteiger partial charge in [0.05, 0.1) is 11.7 Å². The summed E-state index contributed by atoms with van der Waals surface area (Å²) in [5.74, 6) is -0.694. The standard InChI is InChI=1S/C18H14BrF2N/c19-11-4-1-3-10(7-11)17-14-6-2-5-13(14)15-8-12(20)9-16(21)18(15)22-17/h1-5,7-9,13-14,17,22H,6H2/t13-,14-,17+/m1/s1. The monoisotopic (exact) mass is 361 g/mol. The molecule has 0 radical (unpaired) electrons. The quantitative estimate of drug-likeness (QED) is 0.656. The van der Waals surface area contributed by atoms with E-state index >= 15 is 0 Å². The Kier molecular flexibility index (Phi) is 3.30. The van der Waals surface area contributed by atoms with Crippen molar-refractivity contribution in [3.63, 3.8) is 0 Å². The molecular weight excluding hydrogens is 348 g/mol. The Hall–Kier alpha value is -1.68. The van der Waals surface area contributed by atoms with Crippen molar-refractivity contribution in [3.8, 4) is 0 Å². The molecule has 0 spiro atoms. The molecule has 22 heavy (non-hydrogen) atoms. The fraction of sp³-hybridized carbons (Fsp3) is 0.222. The van der Waals surface area contributed by atoms with Gasteiger partial charge in [0.15, 0.2) is 0 Å². The number of benzene rings is 2. The van der Waals surface area contributed by atoms with E-state index in [1.807, 2.05) is 18.2 Å². The highest BCUT2D eigenvalue weighted by molar-refractivity contribution is 9.10. The summed E-state index contributed by atoms with van der Waals surface area (Å²) in [5.41, 5.74) is 2.27. The fourth-order valence-corrected chi connectivity index (χ4v) is 4.07. The van der Waals surface area contributed by atoms with Crippen LogP contribution in [0.2, 0.25) is 0 Å². The molecule has 0 saturated carbocycles. The van der Waals surface area contributed by atoms with E-state index in [1.165, 1.54) is 6.07 Å². The Balaban J connectivity index is 1.84. The van der Waals surface area contributed by atoms with E-state index < -0.39 is 11.6 Å². The highest BCUT2D eigenvalue weighted by atomic mass is 79.9. The lowest BCUT2D eigenvalue weighted by atomic mass is 9.77. The van der Waals surface area contributed by atoms with Gasteiger partial charge >= 0.3 is 0 Å². The van der Waals surface area contributed by atoms with Crippen LogP contribution in [-0.2, 0) is 0 Å². The normalized spacial score (nSPS) is 25.5. The van der Waals surface area contributed by atoms with Crippen molar-refractivity contribution in [2.24, 2.45) is 5.92 Å². The third-order valence-corrected chi connectivity index (χ3v) is 5.09.